The van der Waals surface area contributed by atoms with Gasteiger partial charge in [0.2, 0.25) is 0 Å². The third-order valence-electron chi connectivity index (χ3n) is 3.32. The maximum absolute atomic E-state index is 11.8. The van der Waals surface area contributed by atoms with E-state index in [9.17, 15) is 4.79 Å². The molecular formula is C16H32N2O2. The minimum Gasteiger partial charge on any atom is -0.444 e. The summed E-state index contributed by atoms with van der Waals surface area (Å²) in [6.07, 6.45) is 4.10. The topological polar surface area (TPSA) is 50.4 Å². The summed E-state index contributed by atoms with van der Waals surface area (Å²) >= 11 is 0. The van der Waals surface area contributed by atoms with Crippen LogP contribution in [0.1, 0.15) is 67.2 Å². The zero-order valence-corrected chi connectivity index (χ0v) is 14.0. The van der Waals surface area contributed by atoms with Gasteiger partial charge in [-0.3, -0.25) is 0 Å². The molecule has 1 saturated carbocycles. The van der Waals surface area contributed by atoms with Gasteiger partial charge in [0.1, 0.15) is 5.60 Å². The molecule has 4 nitrogen and oxygen atoms in total. The lowest BCUT2D eigenvalue weighted by Gasteiger charge is -2.33. The Hall–Kier alpha value is -0.770. The van der Waals surface area contributed by atoms with Crippen LogP contribution in [0.2, 0.25) is 0 Å². The molecule has 118 valence electrons. The largest absolute Gasteiger partial charge is 0.444 e. The smallest absolute Gasteiger partial charge is 0.407 e. The van der Waals surface area contributed by atoms with Gasteiger partial charge >= 0.3 is 6.09 Å². The molecule has 2 N–H and O–H groups in total. The summed E-state index contributed by atoms with van der Waals surface area (Å²) in [4.78, 5) is 11.8. The average molecular weight is 284 g/mol. The van der Waals surface area contributed by atoms with Crippen LogP contribution in [-0.4, -0.2) is 30.3 Å². The lowest BCUT2D eigenvalue weighted by Crippen LogP contribution is -2.46. The Bertz CT molecular complexity index is 315. The van der Waals surface area contributed by atoms with E-state index in [0.717, 1.165) is 25.8 Å². The van der Waals surface area contributed by atoms with Crippen LogP contribution >= 0.6 is 0 Å². The normalized spacial score (nSPS) is 24.3. The first-order chi connectivity index (χ1) is 9.05. The number of carbonyl (C=O) groups excluding carboxylic acids is 1. The van der Waals surface area contributed by atoms with Crippen molar-refractivity contribution in [3.05, 3.63) is 0 Å². The molecule has 20 heavy (non-hydrogen) atoms. The zero-order chi connectivity index (χ0) is 15.4. The van der Waals surface area contributed by atoms with Crippen molar-refractivity contribution in [2.45, 2.75) is 84.9 Å². The Morgan fingerprint density at radius 3 is 2.25 bits per heavy atom. The van der Waals surface area contributed by atoms with Gasteiger partial charge in [-0.15, -0.1) is 0 Å². The lowest BCUT2D eigenvalue weighted by molar-refractivity contribution is 0.0488. The predicted octanol–water partition coefficient (Wildman–Crippen LogP) is 3.46. The minimum absolute atomic E-state index is 0.232. The van der Waals surface area contributed by atoms with Crippen molar-refractivity contribution in [1.29, 1.82) is 0 Å². The highest BCUT2D eigenvalue weighted by Gasteiger charge is 2.26. The fourth-order valence-corrected chi connectivity index (χ4v) is 2.43. The van der Waals surface area contributed by atoms with Crippen molar-refractivity contribution in [3.63, 3.8) is 0 Å². The molecule has 0 radical (unpaired) electrons. The van der Waals surface area contributed by atoms with E-state index >= 15 is 0 Å². The van der Waals surface area contributed by atoms with Crippen molar-refractivity contribution in [1.82, 2.24) is 10.6 Å². The van der Waals surface area contributed by atoms with Crippen molar-refractivity contribution >= 4 is 6.09 Å². The number of carbonyl (C=O) groups is 1. The first kappa shape index (κ1) is 17.3. The second-order valence-electron chi connectivity index (χ2n) is 8.15. The van der Waals surface area contributed by atoms with Gasteiger partial charge < -0.3 is 15.4 Å². The van der Waals surface area contributed by atoms with Crippen LogP contribution < -0.4 is 10.6 Å². The van der Waals surface area contributed by atoms with Gasteiger partial charge in [-0.2, -0.15) is 0 Å². The molecule has 2 atom stereocenters. The van der Waals surface area contributed by atoms with E-state index in [1.165, 1.54) is 6.42 Å². The molecule has 1 amide bonds. The van der Waals surface area contributed by atoms with Crippen molar-refractivity contribution in [2.24, 2.45) is 5.41 Å². The van der Waals surface area contributed by atoms with Crippen LogP contribution in [0.15, 0.2) is 0 Å². The monoisotopic (exact) mass is 284 g/mol. The minimum atomic E-state index is -0.428. The number of amides is 1. The van der Waals surface area contributed by atoms with Crippen LogP contribution in [0.4, 0.5) is 4.79 Å². The second-order valence-corrected chi connectivity index (χ2v) is 8.15. The molecule has 0 aliphatic heterocycles. The highest BCUT2D eigenvalue weighted by molar-refractivity contribution is 5.68. The van der Waals surface area contributed by atoms with Crippen LogP contribution in [0.25, 0.3) is 0 Å². The highest BCUT2D eigenvalue weighted by Crippen LogP contribution is 2.21. The molecule has 0 aromatic rings. The highest BCUT2D eigenvalue weighted by atomic mass is 16.6. The number of rotatable bonds is 3. The Balaban J connectivity index is 2.35. The van der Waals surface area contributed by atoms with E-state index < -0.39 is 5.60 Å². The molecule has 4 heteroatoms. The molecule has 1 fully saturated rings. The van der Waals surface area contributed by atoms with E-state index in [1.807, 2.05) is 20.8 Å². The molecule has 0 aromatic carbocycles. The average Bonchev–Trinajstić information content (AvgIpc) is 2.23. The molecule has 0 heterocycles. The zero-order valence-electron chi connectivity index (χ0n) is 14.0. The Morgan fingerprint density at radius 2 is 1.70 bits per heavy atom. The van der Waals surface area contributed by atoms with Gasteiger partial charge in [0, 0.05) is 18.6 Å². The fourth-order valence-electron chi connectivity index (χ4n) is 2.43. The molecular weight excluding hydrogens is 252 g/mol. The third kappa shape index (κ3) is 7.73. The van der Waals surface area contributed by atoms with Gasteiger partial charge in [-0.25, -0.2) is 4.79 Å². The third-order valence-corrected chi connectivity index (χ3v) is 3.32. The maximum Gasteiger partial charge on any atom is 0.407 e. The number of hydrogen-bond acceptors (Lipinski definition) is 3. The maximum atomic E-state index is 11.8. The van der Waals surface area contributed by atoms with Crippen LogP contribution in [0.3, 0.4) is 0 Å². The first-order valence-corrected chi connectivity index (χ1v) is 7.78. The molecule has 2 unspecified atom stereocenters. The summed E-state index contributed by atoms with van der Waals surface area (Å²) in [7, 11) is 0. The molecule has 0 bridgehead atoms. The molecule has 0 saturated heterocycles. The summed E-state index contributed by atoms with van der Waals surface area (Å²) in [5.74, 6) is 0. The number of ether oxygens (including phenoxy) is 1. The Kier molecular flexibility index (Phi) is 5.87. The van der Waals surface area contributed by atoms with E-state index in [2.05, 4.69) is 31.4 Å². The lowest BCUT2D eigenvalue weighted by atomic mass is 9.89. The summed E-state index contributed by atoms with van der Waals surface area (Å²) in [5.41, 5.74) is -0.131. The van der Waals surface area contributed by atoms with Gasteiger partial charge in [-0.1, -0.05) is 20.8 Å². The molecule has 1 rings (SSSR count). The molecule has 0 spiro atoms. The van der Waals surface area contributed by atoms with Gasteiger partial charge in [-0.05, 0) is 51.9 Å². The van der Waals surface area contributed by atoms with E-state index in [1.54, 1.807) is 0 Å². The Labute approximate surface area is 124 Å². The number of alkyl carbamates (subject to hydrolysis) is 1. The van der Waals surface area contributed by atoms with Gasteiger partial charge in [0.25, 0.3) is 0 Å². The van der Waals surface area contributed by atoms with Crippen LogP contribution in [0.5, 0.6) is 0 Å². The predicted molar refractivity (Wildman–Crippen MR) is 82.9 cm³/mol. The SMILES string of the molecule is CC(C)(C)CNC1CCCC(NC(=O)OC(C)(C)C)C1. The van der Waals surface area contributed by atoms with Gasteiger partial charge in [0.15, 0.2) is 0 Å². The Morgan fingerprint density at radius 1 is 1.10 bits per heavy atom. The standard InChI is InChI=1S/C16H32N2O2/c1-15(2,3)11-17-12-8-7-9-13(10-12)18-14(19)20-16(4,5)6/h12-13,17H,7-11H2,1-6H3,(H,18,19). The van der Waals surface area contributed by atoms with E-state index in [4.69, 9.17) is 4.74 Å². The number of nitrogens with one attached hydrogen (secondary N) is 2. The quantitative estimate of drug-likeness (QED) is 0.834. The summed E-state index contributed by atoms with van der Waals surface area (Å²) < 4.78 is 5.32. The van der Waals surface area contributed by atoms with Gasteiger partial charge in [0.05, 0.1) is 0 Å². The summed E-state index contributed by atoms with van der Waals surface area (Å²) in [6.45, 7) is 13.4. The van der Waals surface area contributed by atoms with Crippen molar-refractivity contribution in [2.75, 3.05) is 6.54 Å². The van der Waals surface area contributed by atoms with Crippen molar-refractivity contribution in [3.8, 4) is 0 Å². The first-order valence-electron chi connectivity index (χ1n) is 7.78. The van der Waals surface area contributed by atoms with E-state index in [-0.39, 0.29) is 12.1 Å². The van der Waals surface area contributed by atoms with E-state index in [0.29, 0.717) is 11.5 Å². The summed E-state index contributed by atoms with van der Waals surface area (Å²) in [5, 5.41) is 6.62. The van der Waals surface area contributed by atoms with Crippen LogP contribution in [0, 0.1) is 5.41 Å². The number of hydrogen-bond donors (Lipinski definition) is 2. The molecule has 1 aliphatic rings. The summed E-state index contributed by atoms with van der Waals surface area (Å²) in [6, 6.07) is 0.735. The van der Waals surface area contributed by atoms with Crippen molar-refractivity contribution < 1.29 is 9.53 Å². The van der Waals surface area contributed by atoms with Crippen LogP contribution in [-0.2, 0) is 4.74 Å². The second kappa shape index (κ2) is 6.79. The fraction of sp³-hybridized carbons (Fsp3) is 0.938. The molecule has 1 aliphatic carbocycles. The molecule has 0 aromatic heterocycles.